The number of rotatable bonds is 2. The first-order valence-corrected chi connectivity index (χ1v) is 4.07. The number of hydrogen-bond acceptors (Lipinski definition) is 4. The molecule has 0 unspecified atom stereocenters. The molecule has 0 aliphatic rings. The largest absolute Gasteiger partial charge is 1.00 e. The number of nitrogens with two attached hydrogens (primary N) is 2. The minimum atomic E-state index is -0.517. The summed E-state index contributed by atoms with van der Waals surface area (Å²) < 4.78 is 0. The molecule has 0 aliphatic carbocycles. The van der Waals surface area contributed by atoms with Gasteiger partial charge >= 0.3 is 5.17 Å². The molecule has 1 aromatic rings. The average molecular weight is 235 g/mol. The molecule has 0 aromatic carbocycles. The molecular formula is C6H7ClN4O2S. The Morgan fingerprint density at radius 3 is 2.64 bits per heavy atom. The van der Waals surface area contributed by atoms with Gasteiger partial charge in [0.05, 0.1) is 4.92 Å². The molecule has 0 bridgehead atoms. The van der Waals surface area contributed by atoms with Gasteiger partial charge in [0.2, 0.25) is 0 Å². The van der Waals surface area contributed by atoms with Gasteiger partial charge in [-0.05, 0) is 6.07 Å². The van der Waals surface area contributed by atoms with Gasteiger partial charge in [-0.15, -0.1) is 0 Å². The summed E-state index contributed by atoms with van der Waals surface area (Å²) in [5.74, 6) is 0. The second kappa shape index (κ2) is 5.40. The lowest BCUT2D eigenvalue weighted by atomic mass is 10.4. The third kappa shape index (κ3) is 3.58. The van der Waals surface area contributed by atoms with Gasteiger partial charge in [0.25, 0.3) is 5.69 Å². The van der Waals surface area contributed by atoms with Crippen LogP contribution in [0.25, 0.3) is 0 Å². The molecule has 76 valence electrons. The molecular weight excluding hydrogens is 228 g/mol. The third-order valence-electron chi connectivity index (χ3n) is 1.15. The van der Waals surface area contributed by atoms with Crippen LogP contribution < -0.4 is 23.5 Å². The Bertz CT molecular complexity index is 342. The molecule has 0 radical (unpaired) electrons. The Morgan fingerprint density at radius 1 is 1.64 bits per heavy atom. The van der Waals surface area contributed by atoms with Crippen molar-refractivity contribution in [2.75, 3.05) is 0 Å². The van der Waals surface area contributed by atoms with Crippen LogP contribution in [0.1, 0.15) is 0 Å². The predicted octanol–water partition coefficient (Wildman–Crippen LogP) is -3.84. The first-order valence-electron chi connectivity index (χ1n) is 3.26. The van der Waals surface area contributed by atoms with Crippen molar-refractivity contribution >= 4 is 22.6 Å². The number of hydrogen-bond donors (Lipinski definition) is 2. The number of thioether (sulfide) groups is 1. The number of nitrogens with zero attached hydrogens (tertiary/aromatic N) is 2. The lowest BCUT2D eigenvalue weighted by molar-refractivity contribution is -0.385. The molecule has 6 nitrogen and oxygen atoms in total. The van der Waals surface area contributed by atoms with E-state index in [9.17, 15) is 10.1 Å². The number of aromatic nitrogens is 1. The third-order valence-corrected chi connectivity index (χ3v) is 1.84. The molecule has 0 aliphatic heterocycles. The molecule has 1 aromatic heterocycles. The highest BCUT2D eigenvalue weighted by molar-refractivity contribution is 8.13. The zero-order valence-corrected chi connectivity index (χ0v) is 8.46. The number of nitro groups is 1. The smallest absolute Gasteiger partial charge is 0.306 e. The van der Waals surface area contributed by atoms with E-state index < -0.39 is 4.92 Å². The topological polar surface area (TPSA) is 108 Å². The highest BCUT2D eigenvalue weighted by atomic mass is 35.5. The van der Waals surface area contributed by atoms with E-state index in [1.54, 1.807) is 0 Å². The summed E-state index contributed by atoms with van der Waals surface area (Å²) in [6.45, 7) is 0. The van der Waals surface area contributed by atoms with E-state index in [1.807, 2.05) is 0 Å². The van der Waals surface area contributed by atoms with Gasteiger partial charge in [-0.1, -0.05) is 0 Å². The average Bonchev–Trinajstić information content (AvgIpc) is 2.04. The van der Waals surface area contributed by atoms with Crippen molar-refractivity contribution in [2.24, 2.45) is 5.73 Å². The highest BCUT2D eigenvalue weighted by Crippen LogP contribution is 2.16. The Hall–Kier alpha value is -1.34. The molecule has 4 N–H and O–H groups in total. The van der Waals surface area contributed by atoms with Crippen LogP contribution in [0.15, 0.2) is 23.4 Å². The van der Waals surface area contributed by atoms with Crippen LogP contribution >= 0.6 is 11.8 Å². The van der Waals surface area contributed by atoms with Crippen molar-refractivity contribution in [1.29, 1.82) is 0 Å². The minimum Gasteiger partial charge on any atom is -1.00 e. The monoisotopic (exact) mass is 234 g/mol. The molecule has 0 saturated carbocycles. The van der Waals surface area contributed by atoms with Gasteiger partial charge in [-0.2, -0.15) is 0 Å². The molecule has 14 heavy (non-hydrogen) atoms. The van der Waals surface area contributed by atoms with Crippen molar-refractivity contribution in [3.05, 3.63) is 28.4 Å². The summed E-state index contributed by atoms with van der Waals surface area (Å²) in [4.78, 5) is 13.5. The number of pyridine rings is 1. The van der Waals surface area contributed by atoms with Crippen molar-refractivity contribution in [2.45, 2.75) is 5.03 Å². The first-order chi connectivity index (χ1) is 6.09. The molecule has 8 heteroatoms. The van der Waals surface area contributed by atoms with Crippen molar-refractivity contribution in [3.63, 3.8) is 0 Å². The predicted molar refractivity (Wildman–Crippen MR) is 47.9 cm³/mol. The SMILES string of the molecule is NC(=[NH2+])Sc1ccc([N+](=O)[O-])cn1.[Cl-]. The molecule has 0 saturated heterocycles. The minimum absolute atomic E-state index is 0. The van der Waals surface area contributed by atoms with E-state index in [2.05, 4.69) is 4.98 Å². The van der Waals surface area contributed by atoms with E-state index in [1.165, 1.54) is 12.1 Å². The Balaban J connectivity index is 0.00000169. The van der Waals surface area contributed by atoms with Crippen LogP contribution in [0.5, 0.6) is 0 Å². The summed E-state index contributed by atoms with van der Waals surface area (Å²) in [7, 11) is 0. The van der Waals surface area contributed by atoms with Crippen LogP contribution in [-0.4, -0.2) is 15.1 Å². The van der Waals surface area contributed by atoms with Crippen molar-refractivity contribution in [3.8, 4) is 0 Å². The second-order valence-corrected chi connectivity index (χ2v) is 3.21. The van der Waals surface area contributed by atoms with E-state index in [0.29, 0.717) is 5.03 Å². The van der Waals surface area contributed by atoms with Gasteiger partial charge in [0, 0.05) is 17.8 Å². The van der Waals surface area contributed by atoms with E-state index >= 15 is 0 Å². The van der Waals surface area contributed by atoms with Crippen LogP contribution in [0, 0.1) is 10.1 Å². The normalized spacial score (nSPS) is 8.86. The van der Waals surface area contributed by atoms with E-state index in [-0.39, 0.29) is 23.3 Å². The van der Waals surface area contributed by atoms with Crippen LogP contribution in [0.2, 0.25) is 0 Å². The fourth-order valence-electron chi connectivity index (χ4n) is 0.662. The summed E-state index contributed by atoms with van der Waals surface area (Å²) in [6.07, 6.45) is 1.16. The summed E-state index contributed by atoms with van der Waals surface area (Å²) >= 11 is 1.06. The van der Waals surface area contributed by atoms with E-state index in [4.69, 9.17) is 11.1 Å². The van der Waals surface area contributed by atoms with Gasteiger partial charge < -0.3 is 12.4 Å². The molecule has 0 amide bonds. The van der Waals surface area contributed by atoms with Crippen molar-refractivity contribution < 1.29 is 22.7 Å². The summed E-state index contributed by atoms with van der Waals surface area (Å²) in [5.41, 5.74) is 5.15. The Morgan fingerprint density at radius 2 is 2.29 bits per heavy atom. The maximum absolute atomic E-state index is 10.2. The van der Waals surface area contributed by atoms with Gasteiger partial charge in [-0.25, -0.2) is 4.98 Å². The lowest BCUT2D eigenvalue weighted by Gasteiger charge is -1.93. The quantitative estimate of drug-likeness (QED) is 0.179. The van der Waals surface area contributed by atoms with Gasteiger partial charge in [0.1, 0.15) is 11.2 Å². The molecule has 1 heterocycles. The number of halogens is 1. The van der Waals surface area contributed by atoms with Gasteiger partial charge in [0.15, 0.2) is 0 Å². The Labute approximate surface area is 90.0 Å². The number of amidine groups is 1. The van der Waals surface area contributed by atoms with Crippen LogP contribution in [0.3, 0.4) is 0 Å². The molecule has 0 spiro atoms. The maximum Gasteiger partial charge on any atom is 0.306 e. The zero-order chi connectivity index (χ0) is 9.84. The summed E-state index contributed by atoms with van der Waals surface area (Å²) in [5, 5.41) is 16.1. The fraction of sp³-hybridized carbons (Fsp3) is 0. The van der Waals surface area contributed by atoms with E-state index in [0.717, 1.165) is 18.0 Å². The first kappa shape index (κ1) is 12.7. The zero-order valence-electron chi connectivity index (χ0n) is 6.88. The maximum atomic E-state index is 10.2. The Kier molecular flexibility index (Phi) is 4.89. The standard InChI is InChI=1S/C6H6N4O2S.ClH/c7-6(8)13-5-2-1-4(3-9-5)10(11)12;/h1-3H,(H3,7,8);1H. The molecule has 1 rings (SSSR count). The van der Waals surface area contributed by atoms with Gasteiger partial charge in [-0.3, -0.25) is 21.3 Å². The summed E-state index contributed by atoms with van der Waals surface area (Å²) in [6, 6.07) is 2.83. The van der Waals surface area contributed by atoms with Crippen molar-refractivity contribution in [1.82, 2.24) is 4.98 Å². The molecule has 0 fully saturated rings. The fourth-order valence-corrected chi connectivity index (χ4v) is 1.14. The molecule has 0 atom stereocenters. The van der Waals surface area contributed by atoms with Crippen LogP contribution in [0.4, 0.5) is 5.69 Å². The lowest BCUT2D eigenvalue weighted by Crippen LogP contribution is -3.00. The second-order valence-electron chi connectivity index (χ2n) is 2.12. The van der Waals surface area contributed by atoms with Crippen LogP contribution in [-0.2, 0) is 0 Å². The highest BCUT2D eigenvalue weighted by Gasteiger charge is 2.07.